The van der Waals surface area contributed by atoms with E-state index in [-0.39, 0.29) is 29.6 Å². The van der Waals surface area contributed by atoms with Gasteiger partial charge in [-0.3, -0.25) is 5.01 Å². The van der Waals surface area contributed by atoms with E-state index in [9.17, 15) is 0 Å². The number of rotatable bonds is 3. The van der Waals surface area contributed by atoms with E-state index >= 15 is 0 Å². The molecule has 0 radical (unpaired) electrons. The van der Waals surface area contributed by atoms with Gasteiger partial charge in [0.25, 0.3) is 0 Å². The summed E-state index contributed by atoms with van der Waals surface area (Å²) in [6.45, 7) is 0. The molecule has 0 bridgehead atoms. The number of nitrogens with zero attached hydrogens (tertiary/aromatic N) is 2. The number of para-hydroxylation sites is 2. The van der Waals surface area contributed by atoms with E-state index in [2.05, 4.69) is 58.5 Å². The Hall–Kier alpha value is -0.800. The van der Waals surface area contributed by atoms with Gasteiger partial charge in [0, 0.05) is 14.1 Å². The van der Waals surface area contributed by atoms with Crippen LogP contribution < -0.4 is 5.01 Å². The van der Waals surface area contributed by atoms with Crippen molar-refractivity contribution >= 4 is 40.9 Å². The molecule has 0 saturated carbocycles. The fraction of sp³-hybridized carbons (Fsp3) is 0.143. The summed E-state index contributed by atoms with van der Waals surface area (Å²) in [4.78, 5) is 0. The van der Waals surface area contributed by atoms with E-state index < -0.39 is 0 Å². The molecule has 0 spiro atoms. The molecule has 0 aliphatic heterocycles. The first-order valence-electron chi connectivity index (χ1n) is 5.36. The Morgan fingerprint density at radius 1 is 0.647 bits per heavy atom. The van der Waals surface area contributed by atoms with Crippen molar-refractivity contribution in [2.45, 2.75) is 0 Å². The quantitative estimate of drug-likeness (QED) is 0.597. The Kier molecular flexibility index (Phi) is 5.72. The molecule has 0 atom stereocenters. The van der Waals surface area contributed by atoms with Gasteiger partial charge in [-0.1, -0.05) is 36.4 Å². The molecule has 0 saturated heterocycles. The first-order valence-corrected chi connectivity index (χ1v) is 5.36. The molecule has 2 aromatic rings. The van der Waals surface area contributed by atoms with Crippen LogP contribution in [0.1, 0.15) is 0 Å². The molecule has 0 aliphatic carbocycles. The molecule has 0 heterocycles. The summed E-state index contributed by atoms with van der Waals surface area (Å²) in [7, 11) is 4.08. The molecular formula is C14H17N2Na. The molecular weight excluding hydrogens is 219 g/mol. The van der Waals surface area contributed by atoms with Gasteiger partial charge in [0.1, 0.15) is 0 Å². The molecule has 17 heavy (non-hydrogen) atoms. The molecule has 0 amide bonds. The Morgan fingerprint density at radius 3 is 1.29 bits per heavy atom. The zero-order chi connectivity index (χ0) is 11.4. The third-order valence-electron chi connectivity index (χ3n) is 2.40. The maximum atomic E-state index is 2.17. The van der Waals surface area contributed by atoms with Crippen LogP contribution >= 0.6 is 0 Å². The molecule has 0 fully saturated rings. The SMILES string of the molecule is CN(C)N(c1ccccc1)c1ccccc1.[NaH]. The van der Waals surface area contributed by atoms with Crippen LogP contribution in [0.2, 0.25) is 0 Å². The summed E-state index contributed by atoms with van der Waals surface area (Å²) in [5.74, 6) is 0. The van der Waals surface area contributed by atoms with Crippen LogP contribution in [0.3, 0.4) is 0 Å². The zero-order valence-corrected chi connectivity index (χ0v) is 9.67. The summed E-state index contributed by atoms with van der Waals surface area (Å²) < 4.78 is 0. The summed E-state index contributed by atoms with van der Waals surface area (Å²) >= 11 is 0. The summed E-state index contributed by atoms with van der Waals surface area (Å²) in [5, 5.41) is 4.24. The van der Waals surface area contributed by atoms with Crippen LogP contribution in [-0.2, 0) is 0 Å². The number of benzene rings is 2. The topological polar surface area (TPSA) is 6.48 Å². The van der Waals surface area contributed by atoms with Crippen molar-refractivity contribution in [3.05, 3.63) is 60.7 Å². The van der Waals surface area contributed by atoms with Gasteiger partial charge in [0.05, 0.1) is 11.4 Å². The fourth-order valence-electron chi connectivity index (χ4n) is 1.75. The summed E-state index contributed by atoms with van der Waals surface area (Å²) in [6, 6.07) is 20.7. The van der Waals surface area contributed by atoms with E-state index in [1.807, 2.05) is 26.2 Å². The van der Waals surface area contributed by atoms with Crippen molar-refractivity contribution in [3.63, 3.8) is 0 Å². The average Bonchev–Trinajstić information content (AvgIpc) is 2.31. The standard InChI is InChI=1S/C14H16N2.Na.H/c1-15(2)16(13-9-5-3-6-10-13)14-11-7-4-8-12-14;;/h3-12H,1-2H3;;. The van der Waals surface area contributed by atoms with Crippen molar-refractivity contribution in [2.24, 2.45) is 0 Å². The Morgan fingerprint density at radius 2 is 1.00 bits per heavy atom. The van der Waals surface area contributed by atoms with Crippen LogP contribution in [0.15, 0.2) is 60.7 Å². The molecule has 84 valence electrons. The Bertz CT molecular complexity index is 389. The van der Waals surface area contributed by atoms with E-state index in [1.165, 1.54) is 11.4 Å². The van der Waals surface area contributed by atoms with Gasteiger partial charge in [-0.15, -0.1) is 0 Å². The first-order chi connectivity index (χ1) is 7.79. The minimum absolute atomic E-state index is 0. The molecule has 0 unspecified atom stereocenters. The van der Waals surface area contributed by atoms with E-state index in [1.54, 1.807) is 0 Å². The Balaban J connectivity index is 0.00000144. The van der Waals surface area contributed by atoms with Crippen LogP contribution in [-0.4, -0.2) is 48.7 Å². The van der Waals surface area contributed by atoms with Gasteiger partial charge >= 0.3 is 29.6 Å². The maximum absolute atomic E-state index is 2.17. The fourth-order valence-corrected chi connectivity index (χ4v) is 1.75. The molecule has 0 N–H and O–H groups in total. The Labute approximate surface area is 125 Å². The average molecular weight is 236 g/mol. The van der Waals surface area contributed by atoms with Crippen molar-refractivity contribution in [1.29, 1.82) is 0 Å². The van der Waals surface area contributed by atoms with Crippen molar-refractivity contribution in [2.75, 3.05) is 19.1 Å². The normalized spacial score (nSPS) is 9.82. The molecule has 2 nitrogen and oxygen atoms in total. The zero-order valence-electron chi connectivity index (χ0n) is 9.67. The molecule has 2 aromatic carbocycles. The van der Waals surface area contributed by atoms with Gasteiger partial charge in [-0.2, -0.15) is 0 Å². The van der Waals surface area contributed by atoms with Crippen LogP contribution in [0.4, 0.5) is 11.4 Å². The summed E-state index contributed by atoms with van der Waals surface area (Å²) in [6.07, 6.45) is 0. The van der Waals surface area contributed by atoms with E-state index in [4.69, 9.17) is 0 Å². The van der Waals surface area contributed by atoms with Crippen molar-refractivity contribution < 1.29 is 0 Å². The summed E-state index contributed by atoms with van der Waals surface area (Å²) in [5.41, 5.74) is 2.33. The molecule has 0 aliphatic rings. The van der Waals surface area contributed by atoms with E-state index in [0.29, 0.717) is 0 Å². The second-order valence-corrected chi connectivity index (χ2v) is 3.83. The van der Waals surface area contributed by atoms with Gasteiger partial charge in [0.2, 0.25) is 0 Å². The second kappa shape index (κ2) is 6.82. The van der Waals surface area contributed by atoms with Crippen molar-refractivity contribution in [3.8, 4) is 0 Å². The molecule has 3 heteroatoms. The first kappa shape index (κ1) is 14.3. The van der Waals surface area contributed by atoms with Crippen LogP contribution in [0.5, 0.6) is 0 Å². The molecule has 2 rings (SSSR count). The second-order valence-electron chi connectivity index (χ2n) is 3.83. The third kappa shape index (κ3) is 3.58. The minimum atomic E-state index is 0. The van der Waals surface area contributed by atoms with Gasteiger partial charge < -0.3 is 0 Å². The number of anilines is 2. The van der Waals surface area contributed by atoms with Gasteiger partial charge in [-0.25, -0.2) is 5.01 Å². The predicted molar refractivity (Wildman–Crippen MR) is 75.9 cm³/mol. The van der Waals surface area contributed by atoms with Crippen LogP contribution in [0.25, 0.3) is 0 Å². The number of hydrazine groups is 1. The third-order valence-corrected chi connectivity index (χ3v) is 2.40. The van der Waals surface area contributed by atoms with Gasteiger partial charge in [-0.05, 0) is 24.3 Å². The molecule has 0 aromatic heterocycles. The predicted octanol–water partition coefficient (Wildman–Crippen LogP) is 2.65. The van der Waals surface area contributed by atoms with Crippen LogP contribution in [0, 0.1) is 0 Å². The van der Waals surface area contributed by atoms with E-state index in [0.717, 1.165) is 0 Å². The number of hydrogen-bond acceptors (Lipinski definition) is 2. The monoisotopic (exact) mass is 236 g/mol. The van der Waals surface area contributed by atoms with Gasteiger partial charge in [0.15, 0.2) is 0 Å². The van der Waals surface area contributed by atoms with Crippen molar-refractivity contribution in [1.82, 2.24) is 5.01 Å². The number of hydrogen-bond donors (Lipinski definition) is 0.